The molecule has 0 radical (unpaired) electrons. The third-order valence-corrected chi connectivity index (χ3v) is 7.52. The molecule has 1 amide bonds. The Labute approximate surface area is 235 Å². The zero-order valence-electron chi connectivity index (χ0n) is 18.8. The number of ether oxygens (including phenoxy) is 2. The molecule has 7 nitrogen and oxygen atoms in total. The van der Waals surface area contributed by atoms with Gasteiger partial charge in [-0.3, -0.25) is 19.8 Å². The number of carbonyl (C=O) groups is 1. The van der Waals surface area contributed by atoms with E-state index in [1.165, 1.54) is 23.1 Å². The Morgan fingerprint density at radius 1 is 1.17 bits per heavy atom. The second kappa shape index (κ2) is 11.6. The predicted molar refractivity (Wildman–Crippen MR) is 155 cm³/mol. The number of carbonyl (C=O) groups excluding carboxylic acids is 1. The number of hydrogen-bond acceptors (Lipinski definition) is 7. The van der Waals surface area contributed by atoms with Crippen LogP contribution in [0.4, 0.5) is 11.4 Å². The van der Waals surface area contributed by atoms with E-state index in [-0.39, 0.29) is 18.2 Å². The van der Waals surface area contributed by atoms with E-state index in [1.54, 1.807) is 18.2 Å². The van der Waals surface area contributed by atoms with Crippen molar-refractivity contribution >= 4 is 85.9 Å². The van der Waals surface area contributed by atoms with Gasteiger partial charge in [0.15, 0.2) is 15.8 Å². The molecule has 0 spiro atoms. The second-order valence-electron chi connectivity index (χ2n) is 7.44. The monoisotopic (exact) mass is 652 g/mol. The molecule has 3 aromatic rings. The number of anilines is 1. The first-order chi connectivity index (χ1) is 17.3. The van der Waals surface area contributed by atoms with Crippen molar-refractivity contribution in [3.63, 3.8) is 0 Å². The lowest BCUT2D eigenvalue weighted by molar-refractivity contribution is -0.384. The maximum atomic E-state index is 13.2. The number of hydrogen-bond donors (Lipinski definition) is 0. The lowest BCUT2D eigenvalue weighted by Gasteiger charge is -2.15. The number of halogens is 2. The van der Waals surface area contributed by atoms with Crippen molar-refractivity contribution in [2.45, 2.75) is 13.5 Å². The highest BCUT2D eigenvalue weighted by Crippen LogP contribution is 2.40. The summed E-state index contributed by atoms with van der Waals surface area (Å²) >= 11 is 15.0. The molecule has 0 unspecified atom stereocenters. The van der Waals surface area contributed by atoms with Crippen molar-refractivity contribution in [3.8, 4) is 11.5 Å². The van der Waals surface area contributed by atoms with Gasteiger partial charge >= 0.3 is 0 Å². The molecule has 4 rings (SSSR count). The average Bonchev–Trinajstić information content (AvgIpc) is 3.12. The van der Waals surface area contributed by atoms with Gasteiger partial charge in [-0.25, -0.2) is 0 Å². The molecule has 3 aromatic carbocycles. The van der Waals surface area contributed by atoms with Crippen molar-refractivity contribution in [1.82, 2.24) is 0 Å². The highest BCUT2D eigenvalue weighted by atomic mass is 127. The van der Waals surface area contributed by atoms with Crippen molar-refractivity contribution in [2.75, 3.05) is 11.5 Å². The smallest absolute Gasteiger partial charge is 0.271 e. The van der Waals surface area contributed by atoms with Gasteiger partial charge in [0, 0.05) is 22.7 Å². The molecule has 1 saturated heterocycles. The molecule has 0 bridgehead atoms. The number of nitro groups is 1. The Morgan fingerprint density at radius 3 is 2.67 bits per heavy atom. The maximum Gasteiger partial charge on any atom is 0.271 e. The van der Waals surface area contributed by atoms with E-state index in [4.69, 9.17) is 33.3 Å². The molecule has 1 fully saturated rings. The Balaban J connectivity index is 1.61. The van der Waals surface area contributed by atoms with Gasteiger partial charge in [-0.1, -0.05) is 59.8 Å². The number of benzene rings is 3. The molecule has 0 atom stereocenters. The van der Waals surface area contributed by atoms with Gasteiger partial charge in [0.25, 0.3) is 11.6 Å². The zero-order chi connectivity index (χ0) is 25.8. The summed E-state index contributed by atoms with van der Waals surface area (Å²) in [6.45, 7) is 2.58. The van der Waals surface area contributed by atoms with Gasteiger partial charge in [-0.2, -0.15) is 0 Å². The van der Waals surface area contributed by atoms with Crippen LogP contribution >= 0.6 is 58.2 Å². The van der Waals surface area contributed by atoms with Gasteiger partial charge < -0.3 is 9.47 Å². The predicted octanol–water partition coefficient (Wildman–Crippen LogP) is 7.24. The zero-order valence-corrected chi connectivity index (χ0v) is 23.3. The van der Waals surface area contributed by atoms with Crippen molar-refractivity contribution in [3.05, 3.63) is 95.4 Å². The van der Waals surface area contributed by atoms with Gasteiger partial charge in [-0.15, -0.1) is 0 Å². The van der Waals surface area contributed by atoms with Crippen molar-refractivity contribution in [2.24, 2.45) is 0 Å². The fourth-order valence-corrected chi connectivity index (χ4v) is 5.70. The molecule has 0 aromatic heterocycles. The van der Waals surface area contributed by atoms with Crippen LogP contribution in [0.25, 0.3) is 6.08 Å². The van der Waals surface area contributed by atoms with Crippen LogP contribution in [-0.2, 0) is 11.4 Å². The normalized spacial score (nSPS) is 14.4. The number of nitrogens with zero attached hydrogens (tertiary/aromatic N) is 2. The van der Waals surface area contributed by atoms with Gasteiger partial charge in [-0.05, 0) is 65.4 Å². The molecule has 184 valence electrons. The molecule has 1 aliphatic heterocycles. The lowest BCUT2D eigenvalue weighted by Crippen LogP contribution is -2.27. The number of rotatable bonds is 8. The van der Waals surface area contributed by atoms with E-state index in [2.05, 4.69) is 22.6 Å². The molecule has 0 aliphatic carbocycles. The van der Waals surface area contributed by atoms with Crippen LogP contribution < -0.4 is 14.4 Å². The summed E-state index contributed by atoms with van der Waals surface area (Å²) < 4.78 is 13.0. The minimum absolute atomic E-state index is 0.117. The minimum atomic E-state index is -0.510. The lowest BCUT2D eigenvalue weighted by atomic mass is 10.1. The molecule has 1 heterocycles. The van der Waals surface area contributed by atoms with Gasteiger partial charge in [0.05, 0.1) is 25.7 Å². The van der Waals surface area contributed by atoms with Crippen molar-refractivity contribution in [1.29, 1.82) is 0 Å². The van der Waals surface area contributed by atoms with E-state index in [1.807, 2.05) is 37.3 Å². The van der Waals surface area contributed by atoms with Crippen LogP contribution in [0.1, 0.15) is 18.1 Å². The van der Waals surface area contributed by atoms with Crippen LogP contribution in [0.5, 0.6) is 11.5 Å². The fraction of sp³-hybridized carbons (Fsp3) is 0.120. The maximum absolute atomic E-state index is 13.2. The molecule has 0 N–H and O–H groups in total. The summed E-state index contributed by atoms with van der Waals surface area (Å²) in [5, 5.41) is 11.8. The second-order valence-corrected chi connectivity index (χ2v) is 10.7. The first-order valence-electron chi connectivity index (χ1n) is 10.6. The van der Waals surface area contributed by atoms with Crippen LogP contribution in [0.2, 0.25) is 5.02 Å². The summed E-state index contributed by atoms with van der Waals surface area (Å²) in [5.74, 6) is 0.771. The number of non-ortho nitro benzene ring substituents is 1. The van der Waals surface area contributed by atoms with Crippen LogP contribution in [0, 0.1) is 13.7 Å². The Hall–Kier alpha value is -2.67. The first-order valence-corrected chi connectivity index (χ1v) is 13.3. The number of thioether (sulfide) groups is 1. The summed E-state index contributed by atoms with van der Waals surface area (Å²) in [6.07, 6.45) is 1.72. The van der Waals surface area contributed by atoms with Crippen LogP contribution in [0.15, 0.2) is 65.6 Å². The Kier molecular flexibility index (Phi) is 8.50. The number of amides is 1. The molecule has 1 aliphatic rings. The topological polar surface area (TPSA) is 81.9 Å². The third kappa shape index (κ3) is 5.83. The Bertz CT molecular complexity index is 1400. The summed E-state index contributed by atoms with van der Waals surface area (Å²) in [6, 6.07) is 17.0. The average molecular weight is 653 g/mol. The van der Waals surface area contributed by atoms with Crippen LogP contribution in [0.3, 0.4) is 0 Å². The Morgan fingerprint density at radius 2 is 1.94 bits per heavy atom. The van der Waals surface area contributed by atoms with Gasteiger partial charge in [0.2, 0.25) is 0 Å². The molecule has 36 heavy (non-hydrogen) atoms. The van der Waals surface area contributed by atoms with E-state index < -0.39 is 4.92 Å². The quantitative estimate of drug-likeness (QED) is 0.0835. The fourth-order valence-electron chi connectivity index (χ4n) is 3.43. The summed E-state index contributed by atoms with van der Waals surface area (Å²) in [4.78, 5) is 25.5. The van der Waals surface area contributed by atoms with Crippen molar-refractivity contribution < 1.29 is 19.2 Å². The number of nitro benzene ring substituents is 1. The molecular weight excluding hydrogens is 635 g/mol. The highest BCUT2D eigenvalue weighted by molar-refractivity contribution is 14.1. The molecule has 11 heteroatoms. The summed E-state index contributed by atoms with van der Waals surface area (Å²) in [5.41, 5.74) is 1.82. The van der Waals surface area contributed by atoms with E-state index in [0.717, 1.165) is 26.5 Å². The van der Waals surface area contributed by atoms with E-state index >= 15 is 0 Å². The molecular formula is C25H18ClIN2O5S2. The molecule has 0 saturated carbocycles. The first kappa shape index (κ1) is 26.4. The minimum Gasteiger partial charge on any atom is -0.490 e. The van der Waals surface area contributed by atoms with E-state index in [9.17, 15) is 14.9 Å². The summed E-state index contributed by atoms with van der Waals surface area (Å²) in [7, 11) is 0. The number of thiocarbonyl (C=S) groups is 1. The van der Waals surface area contributed by atoms with Crippen LogP contribution in [-0.4, -0.2) is 21.8 Å². The largest absolute Gasteiger partial charge is 0.490 e. The SMILES string of the molecule is CCOc1cc(/C=C2\SC(=S)N(c3cccc([N+](=O)[O-])c3)C2=O)cc(I)c1OCc1ccccc1Cl. The third-order valence-electron chi connectivity index (χ3n) is 5.05. The standard InChI is InChI=1S/C25H18ClIN2O5S2/c1-2-33-21-11-15(10-20(27)23(21)34-14-16-6-3-4-9-19(16)26)12-22-24(30)28(25(35)36-22)17-7-5-8-18(13-17)29(31)32/h3-13H,2,14H2,1H3/b22-12-. The highest BCUT2D eigenvalue weighted by Gasteiger charge is 2.34. The van der Waals surface area contributed by atoms with E-state index in [0.29, 0.717) is 38.0 Å². The van der Waals surface area contributed by atoms with Gasteiger partial charge in [0.1, 0.15) is 6.61 Å².